The molecule has 0 radical (unpaired) electrons. The Kier molecular flexibility index (Phi) is 4.91. The molecule has 1 atom stereocenters. The van der Waals surface area contributed by atoms with E-state index in [1.54, 1.807) is 26.0 Å². The summed E-state index contributed by atoms with van der Waals surface area (Å²) < 4.78 is 10.9. The van der Waals surface area contributed by atoms with Crippen LogP contribution in [0.25, 0.3) is 0 Å². The molecule has 132 valence electrons. The van der Waals surface area contributed by atoms with E-state index >= 15 is 0 Å². The fraction of sp³-hybridized carbons (Fsp3) is 0.294. The van der Waals surface area contributed by atoms with E-state index < -0.39 is 6.10 Å². The van der Waals surface area contributed by atoms with Gasteiger partial charge in [0, 0.05) is 13.3 Å². The number of ether oxygens (including phenoxy) is 1. The molecule has 0 fully saturated rings. The lowest BCUT2D eigenvalue weighted by Gasteiger charge is -2.11. The van der Waals surface area contributed by atoms with Gasteiger partial charge in [-0.3, -0.25) is 9.78 Å². The molecule has 1 aromatic carbocycles. The summed E-state index contributed by atoms with van der Waals surface area (Å²) in [4.78, 5) is 18.0. The normalized spacial score (nSPS) is 12.3. The lowest BCUT2D eigenvalue weighted by Crippen LogP contribution is -2.11. The first-order chi connectivity index (χ1) is 11.9. The second kappa shape index (κ2) is 7.12. The summed E-state index contributed by atoms with van der Waals surface area (Å²) in [6.45, 7) is 3.53. The molecule has 8 heteroatoms. The highest BCUT2D eigenvalue weighted by atomic mass is 32.1. The minimum absolute atomic E-state index is 0.0619. The van der Waals surface area contributed by atoms with Gasteiger partial charge in [0.1, 0.15) is 29.9 Å². The van der Waals surface area contributed by atoms with Crippen molar-refractivity contribution >= 4 is 11.3 Å². The maximum Gasteiger partial charge on any atom is 0.307 e. The van der Waals surface area contributed by atoms with E-state index in [9.17, 15) is 15.0 Å². The maximum atomic E-state index is 11.2. The van der Waals surface area contributed by atoms with Crippen molar-refractivity contribution in [3.63, 3.8) is 0 Å². The van der Waals surface area contributed by atoms with Crippen molar-refractivity contribution in [2.75, 3.05) is 6.61 Å². The number of nitrogens with zero attached hydrogens (tertiary/aromatic N) is 1. The summed E-state index contributed by atoms with van der Waals surface area (Å²) in [6, 6.07) is 7.23. The standard InChI is InChI=1S/C17H18N2O5S/c1-9-15(18-10(2)24-9)13(20)8-23-12-5-3-11(4-6-12)7-14-16(21)19-17(22)25-14/h3-6,13,20-21H,7-8H2,1-2H3,(H,19,22). The smallest absolute Gasteiger partial charge is 0.307 e. The molecule has 0 saturated carbocycles. The second-order valence-electron chi connectivity index (χ2n) is 5.61. The fourth-order valence-electron chi connectivity index (χ4n) is 2.47. The van der Waals surface area contributed by atoms with Crippen molar-refractivity contribution in [2.24, 2.45) is 0 Å². The number of aromatic nitrogens is 2. The van der Waals surface area contributed by atoms with Crippen LogP contribution in [0, 0.1) is 13.8 Å². The summed E-state index contributed by atoms with van der Waals surface area (Å²) in [5.41, 5.74) is 1.41. The molecule has 25 heavy (non-hydrogen) atoms. The molecule has 0 bridgehead atoms. The van der Waals surface area contributed by atoms with Crippen molar-refractivity contribution in [3.8, 4) is 11.6 Å². The molecule has 2 aromatic heterocycles. The number of aliphatic hydroxyl groups excluding tert-OH is 1. The first kappa shape index (κ1) is 17.2. The average molecular weight is 362 g/mol. The van der Waals surface area contributed by atoms with Gasteiger partial charge in [0.15, 0.2) is 5.89 Å². The average Bonchev–Trinajstić information content (AvgIpc) is 3.07. The monoisotopic (exact) mass is 362 g/mol. The highest BCUT2D eigenvalue weighted by Gasteiger charge is 2.17. The lowest BCUT2D eigenvalue weighted by atomic mass is 10.1. The zero-order chi connectivity index (χ0) is 18.0. The minimum Gasteiger partial charge on any atom is -0.494 e. The Hall–Kier alpha value is -2.58. The van der Waals surface area contributed by atoms with Crippen LogP contribution in [0.1, 0.15) is 33.9 Å². The van der Waals surface area contributed by atoms with Crippen LogP contribution in [-0.2, 0) is 6.42 Å². The van der Waals surface area contributed by atoms with E-state index in [-0.39, 0.29) is 17.4 Å². The van der Waals surface area contributed by atoms with Crippen molar-refractivity contribution in [3.05, 3.63) is 61.7 Å². The van der Waals surface area contributed by atoms with Crippen LogP contribution in [0.2, 0.25) is 0 Å². The number of benzene rings is 1. The predicted octanol–water partition coefficient (Wildman–Crippen LogP) is 2.45. The van der Waals surface area contributed by atoms with Gasteiger partial charge in [-0.25, -0.2) is 4.98 Å². The van der Waals surface area contributed by atoms with Gasteiger partial charge in [-0.1, -0.05) is 23.5 Å². The topological polar surface area (TPSA) is 109 Å². The molecule has 2 heterocycles. The van der Waals surface area contributed by atoms with Crippen LogP contribution in [-0.4, -0.2) is 26.8 Å². The number of aryl methyl sites for hydroxylation is 2. The Bertz CT molecular complexity index is 910. The molecule has 0 aliphatic heterocycles. The van der Waals surface area contributed by atoms with E-state index in [1.807, 2.05) is 12.1 Å². The third-order valence-electron chi connectivity index (χ3n) is 3.65. The summed E-state index contributed by atoms with van der Waals surface area (Å²) in [5, 5.41) is 19.8. The maximum absolute atomic E-state index is 11.2. The number of H-pyrrole nitrogens is 1. The zero-order valence-corrected chi connectivity index (χ0v) is 14.6. The second-order valence-corrected chi connectivity index (χ2v) is 6.68. The summed E-state index contributed by atoms with van der Waals surface area (Å²) >= 11 is 0.987. The number of oxazole rings is 1. The van der Waals surface area contributed by atoms with Crippen molar-refractivity contribution < 1.29 is 19.4 Å². The number of nitrogens with one attached hydrogen (secondary N) is 1. The van der Waals surface area contributed by atoms with E-state index in [0.717, 1.165) is 16.9 Å². The Morgan fingerprint density at radius 2 is 2.04 bits per heavy atom. The predicted molar refractivity (Wildman–Crippen MR) is 92.3 cm³/mol. The van der Waals surface area contributed by atoms with Crippen LogP contribution in [0.5, 0.6) is 11.6 Å². The molecule has 7 nitrogen and oxygen atoms in total. The van der Waals surface area contributed by atoms with Crippen LogP contribution >= 0.6 is 11.3 Å². The molecular weight excluding hydrogens is 344 g/mol. The highest BCUT2D eigenvalue weighted by molar-refractivity contribution is 7.09. The molecule has 1 unspecified atom stereocenters. The van der Waals surface area contributed by atoms with Crippen LogP contribution in [0.4, 0.5) is 0 Å². The van der Waals surface area contributed by atoms with E-state index in [4.69, 9.17) is 9.15 Å². The fourth-order valence-corrected chi connectivity index (χ4v) is 3.23. The van der Waals surface area contributed by atoms with E-state index in [1.165, 1.54) is 0 Å². The van der Waals surface area contributed by atoms with Gasteiger partial charge in [0.25, 0.3) is 0 Å². The molecule has 3 aromatic rings. The zero-order valence-electron chi connectivity index (χ0n) is 13.8. The van der Waals surface area contributed by atoms with Gasteiger partial charge in [-0.15, -0.1) is 0 Å². The minimum atomic E-state index is -0.869. The largest absolute Gasteiger partial charge is 0.494 e. The Morgan fingerprint density at radius 3 is 2.60 bits per heavy atom. The van der Waals surface area contributed by atoms with E-state index in [0.29, 0.717) is 34.4 Å². The van der Waals surface area contributed by atoms with Crippen molar-refractivity contribution in [1.82, 2.24) is 9.97 Å². The van der Waals surface area contributed by atoms with Gasteiger partial charge < -0.3 is 19.4 Å². The number of thiazole rings is 1. The molecule has 0 spiro atoms. The Labute approximate surface area is 147 Å². The quantitative estimate of drug-likeness (QED) is 0.621. The van der Waals surface area contributed by atoms with Gasteiger partial charge in [0.05, 0.1) is 4.88 Å². The number of hydrogen-bond acceptors (Lipinski definition) is 7. The van der Waals surface area contributed by atoms with Gasteiger partial charge in [-0.05, 0) is 24.6 Å². The van der Waals surface area contributed by atoms with Crippen molar-refractivity contribution in [2.45, 2.75) is 26.4 Å². The summed E-state index contributed by atoms with van der Waals surface area (Å²) in [5.74, 6) is 1.60. The summed E-state index contributed by atoms with van der Waals surface area (Å²) in [7, 11) is 0. The molecule has 0 amide bonds. The number of aromatic amines is 1. The molecule has 0 aliphatic rings. The van der Waals surface area contributed by atoms with Gasteiger partial charge >= 0.3 is 4.87 Å². The third-order valence-corrected chi connectivity index (χ3v) is 4.52. The summed E-state index contributed by atoms with van der Waals surface area (Å²) in [6.07, 6.45) is -0.415. The molecular formula is C17H18N2O5S. The third kappa shape index (κ3) is 4.09. The van der Waals surface area contributed by atoms with Crippen molar-refractivity contribution in [1.29, 1.82) is 0 Å². The van der Waals surface area contributed by atoms with Gasteiger partial charge in [0.2, 0.25) is 5.88 Å². The number of hydrogen-bond donors (Lipinski definition) is 3. The number of aliphatic hydroxyl groups is 1. The first-order valence-corrected chi connectivity index (χ1v) is 8.48. The van der Waals surface area contributed by atoms with Crippen LogP contribution in [0.3, 0.4) is 0 Å². The number of aromatic hydroxyl groups is 1. The Morgan fingerprint density at radius 1 is 1.32 bits per heavy atom. The van der Waals surface area contributed by atoms with E-state index in [2.05, 4.69) is 9.97 Å². The molecule has 3 rings (SSSR count). The van der Waals surface area contributed by atoms with Crippen LogP contribution in [0.15, 0.2) is 33.5 Å². The SMILES string of the molecule is Cc1nc(C(O)COc2ccc(Cc3sc(=O)[nH]c3O)cc2)c(C)o1. The molecule has 3 N–H and O–H groups in total. The molecule has 0 saturated heterocycles. The molecule has 0 aliphatic carbocycles. The Balaban J connectivity index is 1.60. The van der Waals surface area contributed by atoms with Crippen LogP contribution < -0.4 is 9.61 Å². The van der Waals surface area contributed by atoms with Gasteiger partial charge in [-0.2, -0.15) is 0 Å². The highest BCUT2D eigenvalue weighted by Crippen LogP contribution is 2.23. The first-order valence-electron chi connectivity index (χ1n) is 7.67. The number of rotatable bonds is 6. The lowest BCUT2D eigenvalue weighted by molar-refractivity contribution is 0.104.